The molecule has 1 unspecified atom stereocenters. The predicted octanol–water partition coefficient (Wildman–Crippen LogP) is 4.85. The van der Waals surface area contributed by atoms with Gasteiger partial charge in [0, 0.05) is 43.1 Å². The van der Waals surface area contributed by atoms with E-state index in [1.165, 1.54) is 23.3 Å². The van der Waals surface area contributed by atoms with Gasteiger partial charge in [0.05, 0.1) is 25.0 Å². The number of nitrogens with zero attached hydrogens (tertiary/aromatic N) is 2. The number of carbonyl (C=O) groups excluding carboxylic acids is 2. The zero-order chi connectivity index (χ0) is 31.8. The van der Waals surface area contributed by atoms with Crippen LogP contribution in [-0.2, 0) is 35.3 Å². The first-order chi connectivity index (χ1) is 21.0. The smallest absolute Gasteiger partial charge is 0.227 e. The predicted molar refractivity (Wildman–Crippen MR) is 167 cm³/mol. The fraction of sp³-hybridized carbons (Fsp3) is 0.457. The number of aromatic nitrogens is 1. The second-order valence-corrected chi connectivity index (χ2v) is 12.3. The standard InChI is InChI=1S/C35H44F2N4O3/c1-22(2)41(23(3)4)35(44)17-26-12-25(19-38-20-26)16-34(43)40-32(15-24-13-28(36)18-29(37)14-24)33(42)21-39-31-11-7-9-27-8-5-6-10-30(27)31/h5-6,8,10,12-14,18-20,22-23,31-33,39,42H,7,9,11,15-17,21H2,1-4H3,(H,40,43)/t31?,32-,33+/m0/s1. The maximum Gasteiger partial charge on any atom is 0.227 e. The number of aryl methyl sites for hydroxylation is 1. The largest absolute Gasteiger partial charge is 0.390 e. The Kier molecular flexibility index (Phi) is 11.6. The van der Waals surface area contributed by atoms with Crippen molar-refractivity contribution in [2.75, 3.05) is 6.54 Å². The molecule has 0 saturated heterocycles. The Morgan fingerprint density at radius 3 is 2.30 bits per heavy atom. The average molecular weight is 607 g/mol. The van der Waals surface area contributed by atoms with E-state index in [0.717, 1.165) is 25.3 Å². The van der Waals surface area contributed by atoms with Gasteiger partial charge in [-0.25, -0.2) is 8.78 Å². The number of pyridine rings is 1. The van der Waals surface area contributed by atoms with Crippen LogP contribution in [0.4, 0.5) is 8.78 Å². The molecule has 3 aromatic rings. The molecule has 3 N–H and O–H groups in total. The van der Waals surface area contributed by atoms with E-state index in [4.69, 9.17) is 0 Å². The Morgan fingerprint density at radius 2 is 1.61 bits per heavy atom. The molecule has 0 radical (unpaired) electrons. The van der Waals surface area contributed by atoms with Crippen molar-refractivity contribution >= 4 is 11.8 Å². The molecule has 2 aromatic carbocycles. The molecule has 7 nitrogen and oxygen atoms in total. The summed E-state index contributed by atoms with van der Waals surface area (Å²) in [7, 11) is 0. The van der Waals surface area contributed by atoms with Crippen LogP contribution in [-0.4, -0.2) is 57.6 Å². The summed E-state index contributed by atoms with van der Waals surface area (Å²) in [5.41, 5.74) is 4.14. The molecule has 2 amide bonds. The number of hydrogen-bond donors (Lipinski definition) is 3. The first kappa shape index (κ1) is 33.2. The molecule has 236 valence electrons. The second-order valence-electron chi connectivity index (χ2n) is 12.3. The number of carbonyl (C=O) groups is 2. The van der Waals surface area contributed by atoms with Crippen LogP contribution in [0.3, 0.4) is 0 Å². The van der Waals surface area contributed by atoms with Gasteiger partial charge >= 0.3 is 0 Å². The van der Waals surface area contributed by atoms with Crippen LogP contribution in [0, 0.1) is 11.6 Å². The van der Waals surface area contributed by atoms with Crippen molar-refractivity contribution in [2.24, 2.45) is 0 Å². The maximum absolute atomic E-state index is 14.0. The fourth-order valence-electron chi connectivity index (χ4n) is 6.25. The summed E-state index contributed by atoms with van der Waals surface area (Å²) in [6.45, 7) is 8.09. The summed E-state index contributed by atoms with van der Waals surface area (Å²) in [6, 6.07) is 12.6. The fourth-order valence-corrected chi connectivity index (χ4v) is 6.25. The third kappa shape index (κ3) is 9.16. The molecule has 0 fully saturated rings. The Bertz CT molecular complexity index is 1400. The van der Waals surface area contributed by atoms with Crippen LogP contribution in [0.1, 0.15) is 74.4 Å². The van der Waals surface area contributed by atoms with Crippen LogP contribution < -0.4 is 10.6 Å². The van der Waals surface area contributed by atoms with Gasteiger partial charge in [0.2, 0.25) is 11.8 Å². The van der Waals surface area contributed by atoms with Crippen molar-refractivity contribution < 1.29 is 23.5 Å². The van der Waals surface area contributed by atoms with Gasteiger partial charge < -0.3 is 20.6 Å². The highest BCUT2D eigenvalue weighted by atomic mass is 19.1. The molecule has 0 aliphatic heterocycles. The number of aliphatic hydroxyl groups excluding tert-OH is 1. The lowest BCUT2D eigenvalue weighted by atomic mass is 9.87. The molecule has 1 aromatic heterocycles. The van der Waals surface area contributed by atoms with Gasteiger partial charge in [-0.2, -0.15) is 0 Å². The van der Waals surface area contributed by atoms with Crippen LogP contribution >= 0.6 is 0 Å². The van der Waals surface area contributed by atoms with Crippen LogP contribution in [0.25, 0.3) is 0 Å². The molecule has 0 bridgehead atoms. The zero-order valence-corrected chi connectivity index (χ0v) is 26.0. The SMILES string of the molecule is CC(C)N(C(=O)Cc1cncc(CC(=O)N[C@@H](Cc2cc(F)cc(F)c2)[C@H](O)CNC2CCCc3ccccc32)c1)C(C)C. The number of fused-ring (bicyclic) bond motifs is 1. The van der Waals surface area contributed by atoms with Gasteiger partial charge in [-0.05, 0) is 93.3 Å². The van der Waals surface area contributed by atoms with Gasteiger partial charge in [-0.1, -0.05) is 30.3 Å². The van der Waals surface area contributed by atoms with Crippen molar-refractivity contribution in [1.82, 2.24) is 20.5 Å². The van der Waals surface area contributed by atoms with Crippen molar-refractivity contribution in [2.45, 2.75) is 96.5 Å². The third-order valence-corrected chi connectivity index (χ3v) is 8.10. The number of aliphatic hydroxyl groups is 1. The first-order valence-corrected chi connectivity index (χ1v) is 15.5. The molecule has 4 rings (SSSR count). The Labute approximate surface area is 259 Å². The summed E-state index contributed by atoms with van der Waals surface area (Å²) in [5, 5.41) is 17.6. The van der Waals surface area contributed by atoms with E-state index in [1.54, 1.807) is 18.5 Å². The van der Waals surface area contributed by atoms with Gasteiger partial charge in [-0.15, -0.1) is 0 Å². The lowest BCUT2D eigenvalue weighted by molar-refractivity contribution is -0.134. The highest BCUT2D eigenvalue weighted by molar-refractivity contribution is 5.80. The summed E-state index contributed by atoms with van der Waals surface area (Å²) in [4.78, 5) is 32.3. The lowest BCUT2D eigenvalue weighted by Crippen LogP contribution is -2.49. The van der Waals surface area contributed by atoms with Crippen LogP contribution in [0.15, 0.2) is 60.9 Å². The Morgan fingerprint density at radius 1 is 0.955 bits per heavy atom. The van der Waals surface area contributed by atoms with Gasteiger partial charge in [0.25, 0.3) is 0 Å². The average Bonchev–Trinajstić information content (AvgIpc) is 2.94. The molecular weight excluding hydrogens is 562 g/mol. The first-order valence-electron chi connectivity index (χ1n) is 15.5. The molecule has 1 aliphatic rings. The molecule has 0 spiro atoms. The topological polar surface area (TPSA) is 94.6 Å². The molecule has 44 heavy (non-hydrogen) atoms. The second kappa shape index (κ2) is 15.3. The van der Waals surface area contributed by atoms with E-state index in [0.29, 0.717) is 16.7 Å². The van der Waals surface area contributed by atoms with Crippen molar-refractivity contribution in [3.63, 3.8) is 0 Å². The quantitative estimate of drug-likeness (QED) is 0.259. The summed E-state index contributed by atoms with van der Waals surface area (Å²) < 4.78 is 28.0. The minimum Gasteiger partial charge on any atom is -0.390 e. The zero-order valence-electron chi connectivity index (χ0n) is 26.0. The lowest BCUT2D eigenvalue weighted by Gasteiger charge is -2.31. The number of benzene rings is 2. The van der Waals surface area contributed by atoms with Crippen LogP contribution in [0.2, 0.25) is 0 Å². The maximum atomic E-state index is 14.0. The minimum atomic E-state index is -1.03. The summed E-state index contributed by atoms with van der Waals surface area (Å²) in [5.74, 6) is -1.83. The number of amides is 2. The Balaban J connectivity index is 1.44. The molecule has 0 saturated carbocycles. The van der Waals surface area contributed by atoms with E-state index in [2.05, 4.69) is 27.8 Å². The van der Waals surface area contributed by atoms with E-state index in [9.17, 15) is 23.5 Å². The van der Waals surface area contributed by atoms with Gasteiger partial charge in [-0.3, -0.25) is 14.6 Å². The number of nitrogens with one attached hydrogen (secondary N) is 2. The van der Waals surface area contributed by atoms with E-state index in [1.807, 2.05) is 44.7 Å². The van der Waals surface area contributed by atoms with E-state index < -0.39 is 23.8 Å². The van der Waals surface area contributed by atoms with E-state index in [-0.39, 0.29) is 55.7 Å². The van der Waals surface area contributed by atoms with Crippen molar-refractivity contribution in [1.29, 1.82) is 0 Å². The van der Waals surface area contributed by atoms with Crippen molar-refractivity contribution in [3.05, 3.63) is 100 Å². The van der Waals surface area contributed by atoms with E-state index >= 15 is 0 Å². The number of rotatable bonds is 13. The Hall–Kier alpha value is -3.69. The monoisotopic (exact) mass is 606 g/mol. The summed E-state index contributed by atoms with van der Waals surface area (Å²) >= 11 is 0. The summed E-state index contributed by atoms with van der Waals surface area (Å²) in [6.07, 6.45) is 5.31. The highest BCUT2D eigenvalue weighted by Crippen LogP contribution is 2.29. The van der Waals surface area contributed by atoms with Gasteiger partial charge in [0.1, 0.15) is 11.6 Å². The molecule has 3 atom stereocenters. The minimum absolute atomic E-state index is 0.0167. The van der Waals surface area contributed by atoms with Gasteiger partial charge in [0.15, 0.2) is 0 Å². The highest BCUT2D eigenvalue weighted by Gasteiger charge is 2.26. The number of halogens is 2. The number of hydrogen-bond acceptors (Lipinski definition) is 5. The molecular formula is C35H44F2N4O3. The molecule has 1 heterocycles. The third-order valence-electron chi connectivity index (χ3n) is 8.10. The van der Waals surface area contributed by atoms with Crippen LogP contribution in [0.5, 0.6) is 0 Å². The molecule has 9 heteroatoms. The van der Waals surface area contributed by atoms with Crippen molar-refractivity contribution in [3.8, 4) is 0 Å². The molecule has 1 aliphatic carbocycles. The normalized spacial score (nSPS) is 16.0.